The highest BCUT2D eigenvalue weighted by Gasteiger charge is 2.17. The van der Waals surface area contributed by atoms with Crippen molar-refractivity contribution >= 4 is 16.6 Å². The Morgan fingerprint density at radius 1 is 1.20 bits per heavy atom. The smallest absolute Gasteiger partial charge is 0.0758 e. The third-order valence-corrected chi connectivity index (χ3v) is 4.29. The van der Waals surface area contributed by atoms with E-state index in [4.69, 9.17) is 10.8 Å². The van der Waals surface area contributed by atoms with Gasteiger partial charge in [0, 0.05) is 11.1 Å². The van der Waals surface area contributed by atoms with Crippen molar-refractivity contribution in [3.63, 3.8) is 0 Å². The maximum atomic E-state index is 5.84. The summed E-state index contributed by atoms with van der Waals surface area (Å²) in [4.78, 5) is 5.01. The predicted molar refractivity (Wildman–Crippen MR) is 84.8 cm³/mol. The molecule has 0 radical (unpaired) electrons. The minimum absolute atomic E-state index is 1.08. The number of nitrogens with two attached hydrogens (primary N) is 1. The van der Waals surface area contributed by atoms with E-state index in [0.29, 0.717) is 0 Å². The van der Waals surface area contributed by atoms with Gasteiger partial charge in [-0.05, 0) is 43.2 Å². The van der Waals surface area contributed by atoms with Crippen molar-refractivity contribution in [2.24, 2.45) is 5.84 Å². The molecule has 0 unspecified atom stereocenters. The van der Waals surface area contributed by atoms with Gasteiger partial charge in [0.1, 0.15) is 0 Å². The van der Waals surface area contributed by atoms with E-state index >= 15 is 0 Å². The Balaban J connectivity index is 2.27. The molecule has 3 heteroatoms. The molecule has 3 rings (SSSR count). The van der Waals surface area contributed by atoms with Crippen molar-refractivity contribution in [3.05, 3.63) is 35.0 Å². The van der Waals surface area contributed by atoms with Crippen LogP contribution >= 0.6 is 0 Å². The van der Waals surface area contributed by atoms with E-state index in [9.17, 15) is 0 Å². The van der Waals surface area contributed by atoms with Gasteiger partial charge in [-0.25, -0.2) is 0 Å². The Kier molecular flexibility index (Phi) is 3.88. The van der Waals surface area contributed by atoms with Crippen molar-refractivity contribution in [1.82, 2.24) is 4.98 Å². The number of hydrogen-bond acceptors (Lipinski definition) is 3. The number of pyridine rings is 1. The number of rotatable bonds is 3. The van der Waals surface area contributed by atoms with Gasteiger partial charge in [-0.15, -0.1) is 0 Å². The number of aromatic nitrogens is 1. The SMILES string of the molecule is CCCc1cccc2c(NN)c3c(nc12)CCCCC3. The van der Waals surface area contributed by atoms with E-state index in [1.165, 1.54) is 41.5 Å². The fourth-order valence-corrected chi connectivity index (χ4v) is 3.32. The molecule has 1 aromatic heterocycles. The molecule has 106 valence electrons. The number of nitrogen functional groups attached to an aromatic ring is 1. The minimum Gasteiger partial charge on any atom is -0.323 e. The molecule has 20 heavy (non-hydrogen) atoms. The Bertz CT molecular complexity index is 619. The Morgan fingerprint density at radius 3 is 2.85 bits per heavy atom. The summed E-state index contributed by atoms with van der Waals surface area (Å²) in [7, 11) is 0. The number of benzene rings is 1. The maximum Gasteiger partial charge on any atom is 0.0758 e. The number of aryl methyl sites for hydroxylation is 2. The predicted octanol–water partition coefficient (Wildman–Crippen LogP) is 3.74. The molecule has 0 bridgehead atoms. The molecule has 3 nitrogen and oxygen atoms in total. The molecule has 1 heterocycles. The standard InChI is InChI=1S/C17H23N3/c1-2-7-12-8-6-10-14-16(12)19-15-11-5-3-4-9-13(15)17(14)20-18/h6,8,10H,2-5,7,9,11,18H2,1H3,(H,19,20). The Morgan fingerprint density at radius 2 is 2.05 bits per heavy atom. The Hall–Kier alpha value is -1.61. The van der Waals surface area contributed by atoms with Crippen LogP contribution in [0.1, 0.15) is 49.4 Å². The molecule has 0 spiro atoms. The summed E-state index contributed by atoms with van der Waals surface area (Å²) in [6.07, 6.45) is 8.17. The van der Waals surface area contributed by atoms with Crippen LogP contribution in [0.2, 0.25) is 0 Å². The van der Waals surface area contributed by atoms with Crippen LogP contribution in [0.15, 0.2) is 18.2 Å². The molecule has 3 N–H and O–H groups in total. The number of nitrogens with zero attached hydrogens (tertiary/aromatic N) is 1. The lowest BCUT2D eigenvalue weighted by Gasteiger charge is -2.16. The molecule has 0 saturated carbocycles. The van der Waals surface area contributed by atoms with E-state index in [-0.39, 0.29) is 0 Å². The van der Waals surface area contributed by atoms with Crippen molar-refractivity contribution in [3.8, 4) is 0 Å². The van der Waals surface area contributed by atoms with Gasteiger partial charge < -0.3 is 5.43 Å². The minimum atomic E-state index is 1.08. The fraction of sp³-hybridized carbons (Fsp3) is 0.471. The summed E-state index contributed by atoms with van der Waals surface area (Å²) >= 11 is 0. The summed E-state index contributed by atoms with van der Waals surface area (Å²) in [5.74, 6) is 5.84. The molecule has 0 amide bonds. The quantitative estimate of drug-likeness (QED) is 0.507. The van der Waals surface area contributed by atoms with Gasteiger partial charge in [-0.2, -0.15) is 0 Å². The topological polar surface area (TPSA) is 50.9 Å². The van der Waals surface area contributed by atoms with Crippen LogP contribution in [-0.4, -0.2) is 4.98 Å². The second kappa shape index (κ2) is 5.80. The average molecular weight is 269 g/mol. The molecule has 0 aliphatic heterocycles. The zero-order valence-corrected chi connectivity index (χ0v) is 12.2. The van der Waals surface area contributed by atoms with E-state index in [0.717, 1.165) is 36.9 Å². The normalized spacial score (nSPS) is 14.9. The van der Waals surface area contributed by atoms with E-state index < -0.39 is 0 Å². The summed E-state index contributed by atoms with van der Waals surface area (Å²) in [6.45, 7) is 2.21. The van der Waals surface area contributed by atoms with Crippen LogP contribution in [-0.2, 0) is 19.3 Å². The molecule has 1 aliphatic carbocycles. The maximum absolute atomic E-state index is 5.84. The van der Waals surface area contributed by atoms with Crippen molar-refractivity contribution in [2.75, 3.05) is 5.43 Å². The first kappa shape index (κ1) is 13.4. The summed E-state index contributed by atoms with van der Waals surface area (Å²) in [5, 5.41) is 1.18. The number of hydrogen-bond donors (Lipinski definition) is 2. The molecule has 0 saturated heterocycles. The summed E-state index contributed by atoms with van der Waals surface area (Å²) in [5.41, 5.74) is 9.13. The van der Waals surface area contributed by atoms with Gasteiger partial charge in [-0.3, -0.25) is 10.8 Å². The number of hydrazine groups is 1. The molecule has 1 aromatic carbocycles. The molecule has 0 atom stereocenters. The molecule has 0 fully saturated rings. The number of nitrogens with one attached hydrogen (secondary N) is 1. The number of fused-ring (bicyclic) bond motifs is 2. The van der Waals surface area contributed by atoms with Crippen LogP contribution in [0.3, 0.4) is 0 Å². The highest BCUT2D eigenvalue weighted by atomic mass is 15.2. The Labute approximate surface area is 120 Å². The molecule has 2 aromatic rings. The van der Waals surface area contributed by atoms with Crippen molar-refractivity contribution < 1.29 is 0 Å². The van der Waals surface area contributed by atoms with Crippen molar-refractivity contribution in [2.45, 2.75) is 51.9 Å². The second-order valence-corrected chi connectivity index (χ2v) is 5.68. The zero-order chi connectivity index (χ0) is 13.9. The lowest BCUT2D eigenvalue weighted by Crippen LogP contribution is -2.12. The molecular weight excluding hydrogens is 246 g/mol. The third kappa shape index (κ3) is 2.27. The first-order valence-corrected chi connectivity index (χ1v) is 7.75. The van der Waals surface area contributed by atoms with Gasteiger partial charge in [0.05, 0.1) is 11.2 Å². The van der Waals surface area contributed by atoms with E-state index in [1.807, 2.05) is 0 Å². The first-order chi connectivity index (χ1) is 9.85. The summed E-state index contributed by atoms with van der Waals surface area (Å²) < 4.78 is 0. The average Bonchev–Trinajstić information content (AvgIpc) is 2.71. The first-order valence-electron chi connectivity index (χ1n) is 7.75. The zero-order valence-electron chi connectivity index (χ0n) is 12.2. The fourth-order valence-electron chi connectivity index (χ4n) is 3.32. The monoisotopic (exact) mass is 269 g/mol. The van der Waals surface area contributed by atoms with Crippen LogP contribution < -0.4 is 11.3 Å². The lowest BCUT2D eigenvalue weighted by atomic mass is 9.98. The highest BCUT2D eigenvalue weighted by molar-refractivity contribution is 5.95. The number of para-hydroxylation sites is 1. The van der Waals surface area contributed by atoms with Crippen LogP contribution in [0.5, 0.6) is 0 Å². The third-order valence-electron chi connectivity index (χ3n) is 4.29. The van der Waals surface area contributed by atoms with Gasteiger partial charge in [0.15, 0.2) is 0 Å². The highest BCUT2D eigenvalue weighted by Crippen LogP contribution is 2.33. The molecule has 1 aliphatic rings. The second-order valence-electron chi connectivity index (χ2n) is 5.68. The molecular formula is C17H23N3. The van der Waals surface area contributed by atoms with Gasteiger partial charge >= 0.3 is 0 Å². The van der Waals surface area contributed by atoms with E-state index in [1.54, 1.807) is 0 Å². The van der Waals surface area contributed by atoms with Gasteiger partial charge in [0.25, 0.3) is 0 Å². The largest absolute Gasteiger partial charge is 0.323 e. The van der Waals surface area contributed by atoms with Crippen LogP contribution in [0, 0.1) is 0 Å². The van der Waals surface area contributed by atoms with Gasteiger partial charge in [-0.1, -0.05) is 38.0 Å². The van der Waals surface area contributed by atoms with Crippen LogP contribution in [0.25, 0.3) is 10.9 Å². The summed E-state index contributed by atoms with van der Waals surface area (Å²) in [6, 6.07) is 6.46. The lowest BCUT2D eigenvalue weighted by molar-refractivity contribution is 0.709. The van der Waals surface area contributed by atoms with Gasteiger partial charge in [0.2, 0.25) is 0 Å². The van der Waals surface area contributed by atoms with Crippen molar-refractivity contribution in [1.29, 1.82) is 0 Å². The van der Waals surface area contributed by atoms with Crippen LogP contribution in [0.4, 0.5) is 5.69 Å². The number of anilines is 1. The van der Waals surface area contributed by atoms with E-state index in [2.05, 4.69) is 30.5 Å².